The van der Waals surface area contributed by atoms with Crippen molar-refractivity contribution in [3.63, 3.8) is 0 Å². The Hall–Kier alpha value is -6.33. The van der Waals surface area contributed by atoms with E-state index in [2.05, 4.69) is 75.8 Å². The molecule has 5 aliphatic heterocycles. The summed E-state index contributed by atoms with van der Waals surface area (Å²) in [6.07, 6.45) is 5.15. The van der Waals surface area contributed by atoms with Crippen molar-refractivity contribution in [2.75, 3.05) is 44.2 Å². The van der Waals surface area contributed by atoms with E-state index in [9.17, 15) is 29.1 Å². The summed E-state index contributed by atoms with van der Waals surface area (Å²) in [6, 6.07) is 31.7. The molecule has 2 N–H and O–H groups in total. The first-order valence-electron chi connectivity index (χ1n) is 21.2. The molecule has 0 saturated carbocycles. The minimum absolute atomic E-state index is 0.0699. The van der Waals surface area contributed by atoms with Gasteiger partial charge in [-0.1, -0.05) is 60.7 Å². The second-order valence-corrected chi connectivity index (χ2v) is 17.2. The van der Waals surface area contributed by atoms with Crippen LogP contribution in [0.25, 0.3) is 33.0 Å². The number of carbonyl (C=O) groups excluding carboxylic acids is 5. The van der Waals surface area contributed by atoms with Gasteiger partial charge in [-0.15, -0.1) is 0 Å². The van der Waals surface area contributed by atoms with E-state index in [0.29, 0.717) is 26.1 Å². The number of nitrogens with one attached hydrogen (secondary N) is 1. The molecule has 5 aromatic rings. The molecule has 0 radical (unpaired) electrons. The highest BCUT2D eigenvalue weighted by Gasteiger charge is 2.45. The Labute approximate surface area is 348 Å². The Morgan fingerprint density at radius 3 is 2.12 bits per heavy atom. The molecule has 11 heteroatoms. The molecule has 5 aliphatic rings. The number of carbonyl (C=O) groups is 5. The van der Waals surface area contributed by atoms with Crippen molar-refractivity contribution in [2.24, 2.45) is 5.41 Å². The Balaban J connectivity index is 0.747. The second kappa shape index (κ2) is 15.0. The Kier molecular flexibility index (Phi) is 9.51. The third kappa shape index (κ3) is 6.80. The molecule has 11 nitrogen and oxygen atoms in total. The van der Waals surface area contributed by atoms with Crippen LogP contribution in [-0.2, 0) is 27.3 Å². The van der Waals surface area contributed by atoms with Gasteiger partial charge in [0.1, 0.15) is 11.8 Å². The topological polar surface area (TPSA) is 131 Å². The van der Waals surface area contributed by atoms with Crippen LogP contribution in [0.2, 0.25) is 0 Å². The third-order valence-electron chi connectivity index (χ3n) is 13.8. The van der Waals surface area contributed by atoms with E-state index < -0.39 is 29.7 Å². The highest BCUT2D eigenvalue weighted by molar-refractivity contribution is 6.23. The van der Waals surface area contributed by atoms with E-state index in [0.717, 1.165) is 101 Å². The van der Waals surface area contributed by atoms with Crippen molar-refractivity contribution in [1.82, 2.24) is 20.0 Å². The van der Waals surface area contributed by atoms with E-state index in [1.807, 2.05) is 23.1 Å². The highest BCUT2D eigenvalue weighted by Crippen LogP contribution is 2.44. The number of rotatable bonds is 6. The summed E-state index contributed by atoms with van der Waals surface area (Å²) in [4.78, 5) is 72.2. The number of phenols is 1. The lowest BCUT2D eigenvalue weighted by molar-refractivity contribution is -0.136. The molecule has 0 aliphatic carbocycles. The van der Waals surface area contributed by atoms with Crippen molar-refractivity contribution < 1.29 is 29.1 Å². The average Bonchev–Trinajstić information content (AvgIpc) is 3.50. The molecule has 5 amide bonds. The van der Waals surface area contributed by atoms with Crippen LogP contribution in [-0.4, -0.2) is 94.7 Å². The van der Waals surface area contributed by atoms with Gasteiger partial charge >= 0.3 is 0 Å². The molecule has 5 heterocycles. The molecule has 0 bridgehead atoms. The van der Waals surface area contributed by atoms with Crippen molar-refractivity contribution in [3.8, 4) is 28.0 Å². The van der Waals surface area contributed by atoms with Crippen LogP contribution >= 0.6 is 0 Å². The minimum atomic E-state index is -1.01. The van der Waals surface area contributed by atoms with Crippen molar-refractivity contribution >= 4 is 46.0 Å². The Morgan fingerprint density at radius 2 is 1.40 bits per heavy atom. The normalized spacial score (nSPS) is 20.4. The number of aromatic hydroxyl groups is 1. The third-order valence-corrected chi connectivity index (χ3v) is 13.8. The fourth-order valence-electron chi connectivity index (χ4n) is 10.3. The number of likely N-dealkylation sites (tertiary alicyclic amines) is 1. The summed E-state index contributed by atoms with van der Waals surface area (Å²) in [5, 5.41) is 14.6. The summed E-state index contributed by atoms with van der Waals surface area (Å²) >= 11 is 0. The van der Waals surface area contributed by atoms with Gasteiger partial charge in [0, 0.05) is 38.3 Å². The zero-order valence-electron chi connectivity index (χ0n) is 33.5. The van der Waals surface area contributed by atoms with Crippen molar-refractivity contribution in [3.05, 3.63) is 119 Å². The largest absolute Gasteiger partial charge is 0.508 e. The molecule has 3 fully saturated rings. The van der Waals surface area contributed by atoms with Gasteiger partial charge in [0.25, 0.3) is 11.8 Å². The molecular formula is C49H47N5O6. The van der Waals surface area contributed by atoms with Gasteiger partial charge in [0.05, 0.1) is 17.7 Å². The van der Waals surface area contributed by atoms with Crippen LogP contribution in [0.3, 0.4) is 0 Å². The fourth-order valence-corrected chi connectivity index (χ4v) is 10.3. The standard InChI is InChI=1S/C49H47N5O6/c55-37-11-13-39-34(26-37)8-12-38(31-4-2-1-3-5-31)45(39)32-6-9-36(10-7-32)52-24-19-49(20-25-52)17-22-51(23-18-49)30-44(57)53-21-16-33-27-40-41(28-35(33)29-53)48(60)54(47(40)59)42-14-15-43(56)50-46(42)58/h1-13,26-28,42,55H,14-25,29-30H2,(H,50,56,58). The van der Waals surface area contributed by atoms with E-state index in [-0.39, 0.29) is 41.0 Å². The molecule has 1 atom stereocenters. The predicted molar refractivity (Wildman–Crippen MR) is 228 cm³/mol. The maximum Gasteiger partial charge on any atom is 0.262 e. The first-order valence-corrected chi connectivity index (χ1v) is 21.2. The maximum atomic E-state index is 13.7. The van der Waals surface area contributed by atoms with Gasteiger partial charge < -0.3 is 14.9 Å². The maximum absolute atomic E-state index is 13.7. The highest BCUT2D eigenvalue weighted by atomic mass is 16.3. The summed E-state index contributed by atoms with van der Waals surface area (Å²) in [6.45, 7) is 5.04. The predicted octanol–water partition coefficient (Wildman–Crippen LogP) is 6.55. The van der Waals surface area contributed by atoms with Gasteiger partial charge in [-0.3, -0.25) is 39.1 Å². The van der Waals surface area contributed by atoms with E-state index in [1.54, 1.807) is 18.2 Å². The first kappa shape index (κ1) is 37.9. The number of phenolic OH excluding ortho intramolecular Hbond substituents is 1. The quantitative estimate of drug-likeness (QED) is 0.185. The lowest BCUT2D eigenvalue weighted by Crippen LogP contribution is -2.54. The molecule has 5 aromatic carbocycles. The summed E-state index contributed by atoms with van der Waals surface area (Å²) in [7, 11) is 0. The van der Waals surface area contributed by atoms with Crippen molar-refractivity contribution in [2.45, 2.75) is 57.5 Å². The average molecular weight is 802 g/mol. The van der Waals surface area contributed by atoms with Gasteiger partial charge in [-0.05, 0) is 138 Å². The number of piperidine rings is 3. The zero-order valence-corrected chi connectivity index (χ0v) is 33.5. The van der Waals surface area contributed by atoms with Gasteiger partial charge in [-0.2, -0.15) is 0 Å². The zero-order chi connectivity index (χ0) is 41.1. The summed E-state index contributed by atoms with van der Waals surface area (Å²) in [5.74, 6) is -1.74. The first-order chi connectivity index (χ1) is 29.1. The van der Waals surface area contributed by atoms with Gasteiger partial charge in [-0.25, -0.2) is 0 Å². The molecule has 304 valence electrons. The number of amides is 5. The molecule has 1 spiro atoms. The van der Waals surface area contributed by atoms with Crippen LogP contribution in [0.1, 0.15) is 70.4 Å². The van der Waals surface area contributed by atoms with Crippen LogP contribution in [0.4, 0.5) is 5.69 Å². The number of anilines is 1. The van der Waals surface area contributed by atoms with E-state index in [4.69, 9.17) is 0 Å². The van der Waals surface area contributed by atoms with Crippen LogP contribution in [0.5, 0.6) is 5.75 Å². The van der Waals surface area contributed by atoms with Gasteiger partial charge in [0.2, 0.25) is 17.7 Å². The SMILES string of the molecule is O=C1CCC(N2C(=O)c3cc4c(cc3C2=O)CN(C(=O)CN2CCC3(CC2)CCN(c2ccc(-c5c(-c6ccccc6)ccc6cc(O)ccc56)cc2)CC3)CC4)C(=O)N1. The molecule has 3 saturated heterocycles. The van der Waals surface area contributed by atoms with Crippen LogP contribution < -0.4 is 10.2 Å². The fraction of sp³-hybridized carbons (Fsp3) is 0.327. The van der Waals surface area contributed by atoms with Crippen LogP contribution in [0.15, 0.2) is 97.1 Å². The van der Waals surface area contributed by atoms with Crippen molar-refractivity contribution in [1.29, 1.82) is 0 Å². The smallest absolute Gasteiger partial charge is 0.262 e. The number of fused-ring (bicyclic) bond motifs is 3. The lowest BCUT2D eigenvalue weighted by atomic mass is 9.71. The van der Waals surface area contributed by atoms with Gasteiger partial charge in [0.15, 0.2) is 0 Å². The molecular weight excluding hydrogens is 755 g/mol. The minimum Gasteiger partial charge on any atom is -0.508 e. The number of hydrogen-bond donors (Lipinski definition) is 2. The summed E-state index contributed by atoms with van der Waals surface area (Å²) in [5.41, 5.74) is 8.47. The number of hydrogen-bond acceptors (Lipinski definition) is 8. The molecule has 1 unspecified atom stereocenters. The number of nitrogens with zero attached hydrogens (tertiary/aromatic N) is 4. The second-order valence-electron chi connectivity index (χ2n) is 17.2. The molecule has 0 aromatic heterocycles. The Bertz CT molecular complexity index is 2570. The van der Waals surface area contributed by atoms with E-state index >= 15 is 0 Å². The summed E-state index contributed by atoms with van der Waals surface area (Å²) < 4.78 is 0. The lowest BCUT2D eigenvalue weighted by Gasteiger charge is -2.47. The number of imide groups is 2. The van der Waals surface area contributed by atoms with E-state index in [1.165, 1.54) is 5.69 Å². The monoisotopic (exact) mass is 801 g/mol. The molecule has 10 rings (SSSR count). The number of benzene rings is 5. The van der Waals surface area contributed by atoms with Crippen LogP contribution in [0, 0.1) is 5.41 Å². The Morgan fingerprint density at radius 1 is 0.700 bits per heavy atom. The molecule has 60 heavy (non-hydrogen) atoms.